The van der Waals surface area contributed by atoms with Gasteiger partial charge in [0, 0.05) is 19.0 Å². The quantitative estimate of drug-likeness (QED) is 0.644. The molecule has 2 rings (SSSR count). The first-order chi connectivity index (χ1) is 12.7. The molecule has 146 valence electrons. The molecule has 4 N–H and O–H groups in total. The number of hydrogen-bond donors (Lipinski definition) is 3. The molecule has 0 saturated heterocycles. The van der Waals surface area contributed by atoms with Crippen molar-refractivity contribution in [3.05, 3.63) is 65.2 Å². The van der Waals surface area contributed by atoms with Crippen molar-refractivity contribution in [2.75, 3.05) is 6.54 Å². The molecule has 0 aliphatic heterocycles. The van der Waals surface area contributed by atoms with Gasteiger partial charge in [0.05, 0.1) is 10.9 Å². The molecule has 0 spiro atoms. The van der Waals surface area contributed by atoms with Gasteiger partial charge in [-0.1, -0.05) is 48.0 Å². The maximum atomic E-state index is 12.7. The van der Waals surface area contributed by atoms with Gasteiger partial charge in [0.25, 0.3) is 0 Å². The maximum absolute atomic E-state index is 12.7. The summed E-state index contributed by atoms with van der Waals surface area (Å²) in [7, 11) is -3.70. The fraction of sp³-hybridized carbons (Fsp3) is 0.350. The van der Waals surface area contributed by atoms with Crippen molar-refractivity contribution in [1.29, 1.82) is 0 Å². The number of rotatable bonds is 8. The second-order valence-corrected chi connectivity index (χ2v) is 8.57. The van der Waals surface area contributed by atoms with Crippen LogP contribution in [0.1, 0.15) is 36.1 Å². The van der Waals surface area contributed by atoms with Crippen molar-refractivity contribution in [3.63, 3.8) is 0 Å². The van der Waals surface area contributed by atoms with Gasteiger partial charge in [-0.2, -0.15) is 0 Å². The van der Waals surface area contributed by atoms with Crippen molar-refractivity contribution in [2.45, 2.75) is 44.2 Å². The van der Waals surface area contributed by atoms with Gasteiger partial charge in [0.2, 0.25) is 15.9 Å². The molecule has 2 atom stereocenters. The molecule has 1 amide bonds. The van der Waals surface area contributed by atoms with Crippen LogP contribution < -0.4 is 15.8 Å². The van der Waals surface area contributed by atoms with Crippen molar-refractivity contribution >= 4 is 15.9 Å². The molecule has 0 aromatic heterocycles. The standard InChI is InChI=1S/C20H27N3O3S/c1-14-9-10-19(15(2)11-14)27(25,26)22-13-18(17-7-5-4-6-8-17)23-20(24)12-16(3)21/h4-11,16,18,22H,12-13,21H2,1-3H3,(H,23,24). The van der Waals surface area contributed by atoms with E-state index in [-0.39, 0.29) is 29.8 Å². The monoisotopic (exact) mass is 389 g/mol. The Morgan fingerprint density at radius 1 is 1.11 bits per heavy atom. The Balaban J connectivity index is 2.18. The molecule has 7 heteroatoms. The summed E-state index contributed by atoms with van der Waals surface area (Å²) in [6.07, 6.45) is 0.174. The van der Waals surface area contributed by atoms with E-state index >= 15 is 0 Å². The van der Waals surface area contributed by atoms with Crippen molar-refractivity contribution in [1.82, 2.24) is 10.0 Å². The summed E-state index contributed by atoms with van der Waals surface area (Å²) in [5, 5.41) is 2.87. The minimum atomic E-state index is -3.70. The Bertz CT molecular complexity index is 881. The Morgan fingerprint density at radius 2 is 1.78 bits per heavy atom. The lowest BCUT2D eigenvalue weighted by Gasteiger charge is -2.21. The second-order valence-electron chi connectivity index (χ2n) is 6.83. The zero-order valence-corrected chi connectivity index (χ0v) is 16.7. The van der Waals surface area contributed by atoms with Gasteiger partial charge < -0.3 is 11.1 Å². The van der Waals surface area contributed by atoms with Crippen LogP contribution in [0.15, 0.2) is 53.4 Å². The van der Waals surface area contributed by atoms with E-state index in [0.717, 1.165) is 11.1 Å². The summed E-state index contributed by atoms with van der Waals surface area (Å²) in [5.74, 6) is -0.218. The van der Waals surface area contributed by atoms with Crippen LogP contribution in [0.2, 0.25) is 0 Å². The Morgan fingerprint density at radius 3 is 2.37 bits per heavy atom. The Kier molecular flexibility index (Phi) is 7.12. The van der Waals surface area contributed by atoms with Crippen LogP contribution in [0.5, 0.6) is 0 Å². The van der Waals surface area contributed by atoms with E-state index in [1.54, 1.807) is 26.0 Å². The van der Waals surface area contributed by atoms with E-state index in [4.69, 9.17) is 5.73 Å². The van der Waals surface area contributed by atoms with Gasteiger partial charge >= 0.3 is 0 Å². The molecular weight excluding hydrogens is 362 g/mol. The maximum Gasteiger partial charge on any atom is 0.240 e. The topological polar surface area (TPSA) is 101 Å². The summed E-state index contributed by atoms with van der Waals surface area (Å²) in [6.45, 7) is 5.47. The highest BCUT2D eigenvalue weighted by molar-refractivity contribution is 7.89. The van der Waals surface area contributed by atoms with Crippen molar-refractivity contribution in [3.8, 4) is 0 Å². The third-order valence-corrected chi connectivity index (χ3v) is 5.73. The highest BCUT2D eigenvalue weighted by Gasteiger charge is 2.21. The number of nitrogens with two attached hydrogens (primary N) is 1. The van der Waals surface area contributed by atoms with Gasteiger partial charge in [-0.05, 0) is 38.0 Å². The molecule has 0 aliphatic rings. The summed E-state index contributed by atoms with van der Waals surface area (Å²) in [4.78, 5) is 12.4. The molecule has 0 fully saturated rings. The van der Waals surface area contributed by atoms with Crippen LogP contribution in [0.3, 0.4) is 0 Å². The molecule has 2 unspecified atom stereocenters. The lowest BCUT2D eigenvalue weighted by Crippen LogP contribution is -2.39. The zero-order chi connectivity index (χ0) is 20.0. The normalized spacial score (nSPS) is 13.8. The molecule has 6 nitrogen and oxygen atoms in total. The second kappa shape index (κ2) is 9.12. The van der Waals surface area contributed by atoms with Gasteiger partial charge in [-0.15, -0.1) is 0 Å². The first-order valence-corrected chi connectivity index (χ1v) is 10.3. The highest BCUT2D eigenvalue weighted by Crippen LogP contribution is 2.18. The molecule has 0 bridgehead atoms. The fourth-order valence-electron chi connectivity index (χ4n) is 2.85. The van der Waals surface area contributed by atoms with Crippen LogP contribution in [0.4, 0.5) is 0 Å². The number of hydrogen-bond acceptors (Lipinski definition) is 4. The highest BCUT2D eigenvalue weighted by atomic mass is 32.2. The zero-order valence-electron chi connectivity index (χ0n) is 15.9. The first kappa shape index (κ1) is 21.1. The van der Waals surface area contributed by atoms with E-state index in [1.165, 1.54) is 0 Å². The molecule has 0 saturated carbocycles. The van der Waals surface area contributed by atoms with E-state index in [9.17, 15) is 13.2 Å². The third kappa shape index (κ3) is 6.16. The largest absolute Gasteiger partial charge is 0.348 e. The van der Waals surface area contributed by atoms with Gasteiger partial charge in [0.1, 0.15) is 0 Å². The lowest BCUT2D eigenvalue weighted by molar-refractivity contribution is -0.122. The number of carbonyl (C=O) groups excluding carboxylic acids is 1. The fourth-order valence-corrected chi connectivity index (χ4v) is 4.13. The van der Waals surface area contributed by atoms with Crippen molar-refractivity contribution in [2.24, 2.45) is 5.73 Å². The lowest BCUT2D eigenvalue weighted by atomic mass is 10.1. The van der Waals surface area contributed by atoms with Crippen LogP contribution in [-0.2, 0) is 14.8 Å². The number of aryl methyl sites for hydroxylation is 2. The minimum Gasteiger partial charge on any atom is -0.348 e. The predicted octanol–water partition coefficient (Wildman–Crippen LogP) is 2.18. The summed E-state index contributed by atoms with van der Waals surface area (Å²) < 4.78 is 28.1. The summed E-state index contributed by atoms with van der Waals surface area (Å²) in [6, 6.07) is 13.7. The van der Waals surface area contributed by atoms with Gasteiger partial charge in [-0.3, -0.25) is 4.79 Å². The predicted molar refractivity (Wildman–Crippen MR) is 107 cm³/mol. The van der Waals surface area contributed by atoms with Crippen molar-refractivity contribution < 1.29 is 13.2 Å². The number of amides is 1. The number of nitrogens with one attached hydrogen (secondary N) is 2. The van der Waals surface area contributed by atoms with E-state index in [1.807, 2.05) is 43.3 Å². The molecule has 2 aromatic rings. The summed E-state index contributed by atoms with van der Waals surface area (Å²) in [5.41, 5.74) is 8.18. The molecule has 27 heavy (non-hydrogen) atoms. The van der Waals surface area contributed by atoms with Crippen LogP contribution in [0, 0.1) is 13.8 Å². The van der Waals surface area contributed by atoms with E-state index < -0.39 is 16.1 Å². The van der Waals surface area contributed by atoms with Gasteiger partial charge in [0.15, 0.2) is 0 Å². The smallest absolute Gasteiger partial charge is 0.240 e. The van der Waals surface area contributed by atoms with Crippen LogP contribution >= 0.6 is 0 Å². The molecular formula is C20H27N3O3S. The third-order valence-electron chi connectivity index (χ3n) is 4.14. The SMILES string of the molecule is Cc1ccc(S(=O)(=O)NCC(NC(=O)CC(C)N)c2ccccc2)c(C)c1. The van der Waals surface area contributed by atoms with Gasteiger partial charge in [-0.25, -0.2) is 13.1 Å². The van der Waals surface area contributed by atoms with E-state index in [2.05, 4.69) is 10.0 Å². The molecule has 0 radical (unpaired) electrons. The van der Waals surface area contributed by atoms with Crippen LogP contribution in [0.25, 0.3) is 0 Å². The Hall–Kier alpha value is -2.22. The summed E-state index contributed by atoms with van der Waals surface area (Å²) >= 11 is 0. The van der Waals surface area contributed by atoms with E-state index in [0.29, 0.717) is 5.56 Å². The molecule has 0 heterocycles. The minimum absolute atomic E-state index is 0.0460. The molecule has 0 aliphatic carbocycles. The number of sulfonamides is 1. The first-order valence-electron chi connectivity index (χ1n) is 8.86. The van der Waals surface area contributed by atoms with Crippen LogP contribution in [-0.4, -0.2) is 26.9 Å². The average molecular weight is 390 g/mol. The molecule has 2 aromatic carbocycles. The number of benzene rings is 2. The average Bonchev–Trinajstić information content (AvgIpc) is 2.58. The Labute approximate surface area is 161 Å². The number of carbonyl (C=O) groups is 1.